The summed E-state index contributed by atoms with van der Waals surface area (Å²) in [5, 5.41) is 11.9. The molecule has 8 heteroatoms. The molecule has 0 saturated heterocycles. The first-order chi connectivity index (χ1) is 13.4. The van der Waals surface area contributed by atoms with Crippen LogP contribution in [-0.2, 0) is 11.3 Å². The highest BCUT2D eigenvalue weighted by Gasteiger charge is 2.22. The SMILES string of the molecule is CCn1c(S[C@H](C)C(=O)Nc2cc(C)ccc2OC)nnc1-c1ccoc1C. The third kappa shape index (κ3) is 4.06. The Morgan fingerprint density at radius 3 is 2.75 bits per heavy atom. The molecule has 0 aliphatic rings. The average Bonchev–Trinajstić information content (AvgIpc) is 3.27. The van der Waals surface area contributed by atoms with Crippen LogP contribution >= 0.6 is 11.8 Å². The predicted molar refractivity (Wildman–Crippen MR) is 110 cm³/mol. The zero-order valence-electron chi connectivity index (χ0n) is 16.6. The van der Waals surface area contributed by atoms with Gasteiger partial charge in [0.1, 0.15) is 11.5 Å². The number of rotatable bonds is 7. The summed E-state index contributed by atoms with van der Waals surface area (Å²) in [7, 11) is 1.58. The Balaban J connectivity index is 1.77. The summed E-state index contributed by atoms with van der Waals surface area (Å²) >= 11 is 1.37. The maximum absolute atomic E-state index is 12.7. The van der Waals surface area contributed by atoms with Crippen LogP contribution in [0, 0.1) is 13.8 Å². The fraction of sp³-hybridized carbons (Fsp3) is 0.350. The van der Waals surface area contributed by atoms with E-state index in [1.807, 2.05) is 56.5 Å². The molecule has 1 aromatic carbocycles. The van der Waals surface area contributed by atoms with E-state index in [1.54, 1.807) is 13.4 Å². The highest BCUT2D eigenvalue weighted by molar-refractivity contribution is 8.00. The predicted octanol–water partition coefficient (Wildman–Crippen LogP) is 4.30. The molecule has 0 unspecified atom stereocenters. The number of nitrogens with one attached hydrogen (secondary N) is 1. The van der Waals surface area contributed by atoms with Crippen molar-refractivity contribution in [1.29, 1.82) is 0 Å². The topological polar surface area (TPSA) is 82.2 Å². The Labute approximate surface area is 168 Å². The number of carbonyl (C=O) groups is 1. The lowest BCUT2D eigenvalue weighted by Gasteiger charge is -2.15. The normalized spacial score (nSPS) is 12.0. The maximum Gasteiger partial charge on any atom is 0.237 e. The highest BCUT2D eigenvalue weighted by Crippen LogP contribution is 2.30. The van der Waals surface area contributed by atoms with E-state index in [9.17, 15) is 4.79 Å². The maximum atomic E-state index is 12.7. The number of nitrogens with zero attached hydrogens (tertiary/aromatic N) is 3. The molecule has 3 rings (SSSR count). The number of carbonyl (C=O) groups excluding carboxylic acids is 1. The van der Waals surface area contributed by atoms with Crippen molar-refractivity contribution in [2.24, 2.45) is 0 Å². The Hall–Kier alpha value is -2.74. The first-order valence-corrected chi connectivity index (χ1v) is 9.92. The second kappa shape index (κ2) is 8.52. The molecule has 0 aliphatic carbocycles. The van der Waals surface area contributed by atoms with E-state index >= 15 is 0 Å². The standard InChI is InChI=1S/C20H24N4O3S/c1-6-24-18(15-9-10-27-13(15)3)22-23-20(24)28-14(4)19(25)21-16-11-12(2)7-8-17(16)26-5/h7-11,14H,6H2,1-5H3,(H,21,25)/t14-/m1/s1. The number of anilines is 1. The third-order valence-electron chi connectivity index (χ3n) is 4.40. The Morgan fingerprint density at radius 2 is 2.11 bits per heavy atom. The fourth-order valence-corrected chi connectivity index (χ4v) is 3.76. The molecule has 1 amide bonds. The van der Waals surface area contributed by atoms with Gasteiger partial charge in [-0.25, -0.2) is 0 Å². The molecule has 0 spiro atoms. The van der Waals surface area contributed by atoms with Crippen LogP contribution in [0.5, 0.6) is 5.75 Å². The molecule has 28 heavy (non-hydrogen) atoms. The summed E-state index contributed by atoms with van der Waals surface area (Å²) in [6.45, 7) is 8.42. The number of furan rings is 1. The van der Waals surface area contributed by atoms with E-state index < -0.39 is 0 Å². The average molecular weight is 401 g/mol. The van der Waals surface area contributed by atoms with E-state index in [2.05, 4.69) is 15.5 Å². The number of aryl methyl sites for hydroxylation is 2. The van der Waals surface area contributed by atoms with E-state index in [0.29, 0.717) is 23.1 Å². The van der Waals surface area contributed by atoms with Crippen LogP contribution in [0.25, 0.3) is 11.4 Å². The largest absolute Gasteiger partial charge is 0.495 e. The zero-order chi connectivity index (χ0) is 20.3. The molecule has 0 bridgehead atoms. The van der Waals surface area contributed by atoms with Crippen molar-refractivity contribution in [2.45, 2.75) is 44.6 Å². The van der Waals surface area contributed by atoms with E-state index in [0.717, 1.165) is 22.7 Å². The number of hydrogen-bond acceptors (Lipinski definition) is 6. The van der Waals surface area contributed by atoms with Gasteiger partial charge in [0.15, 0.2) is 11.0 Å². The minimum atomic E-state index is -0.363. The smallest absolute Gasteiger partial charge is 0.237 e. The lowest BCUT2D eigenvalue weighted by atomic mass is 10.2. The Bertz CT molecular complexity index is 980. The number of methoxy groups -OCH3 is 1. The number of aromatic nitrogens is 3. The number of hydrogen-bond donors (Lipinski definition) is 1. The lowest BCUT2D eigenvalue weighted by molar-refractivity contribution is -0.115. The minimum absolute atomic E-state index is 0.124. The number of ether oxygens (including phenoxy) is 1. The van der Waals surface area contributed by atoms with Gasteiger partial charge in [-0.15, -0.1) is 10.2 Å². The summed E-state index contributed by atoms with van der Waals surface area (Å²) in [5.41, 5.74) is 2.61. The molecule has 1 atom stereocenters. The van der Waals surface area contributed by atoms with Gasteiger partial charge in [0.05, 0.1) is 29.9 Å². The summed E-state index contributed by atoms with van der Waals surface area (Å²) < 4.78 is 12.7. The Kier molecular flexibility index (Phi) is 6.08. The second-order valence-corrected chi connectivity index (χ2v) is 7.70. The summed E-state index contributed by atoms with van der Waals surface area (Å²) in [6.07, 6.45) is 1.64. The molecule has 0 aliphatic heterocycles. The lowest BCUT2D eigenvalue weighted by Crippen LogP contribution is -2.23. The van der Waals surface area contributed by atoms with Gasteiger partial charge >= 0.3 is 0 Å². The second-order valence-electron chi connectivity index (χ2n) is 6.39. The monoisotopic (exact) mass is 400 g/mol. The third-order valence-corrected chi connectivity index (χ3v) is 5.48. The van der Waals surface area contributed by atoms with Crippen molar-refractivity contribution in [3.8, 4) is 17.1 Å². The van der Waals surface area contributed by atoms with E-state index in [-0.39, 0.29) is 11.2 Å². The summed E-state index contributed by atoms with van der Waals surface area (Å²) in [6, 6.07) is 7.55. The van der Waals surface area contributed by atoms with Gasteiger partial charge in [0, 0.05) is 6.54 Å². The van der Waals surface area contributed by atoms with Crippen LogP contribution in [0.2, 0.25) is 0 Å². The number of benzene rings is 1. The first kappa shape index (κ1) is 20.0. The highest BCUT2D eigenvalue weighted by atomic mass is 32.2. The van der Waals surface area contributed by atoms with Gasteiger partial charge in [-0.3, -0.25) is 4.79 Å². The first-order valence-electron chi connectivity index (χ1n) is 9.04. The molecule has 2 aromatic heterocycles. The van der Waals surface area contributed by atoms with Crippen molar-refractivity contribution in [3.05, 3.63) is 41.9 Å². The molecule has 148 valence electrons. The molecule has 2 heterocycles. The summed E-state index contributed by atoms with van der Waals surface area (Å²) in [4.78, 5) is 12.7. The molecule has 1 N–H and O–H groups in total. The van der Waals surface area contributed by atoms with E-state index in [1.165, 1.54) is 11.8 Å². The van der Waals surface area contributed by atoms with E-state index in [4.69, 9.17) is 9.15 Å². The minimum Gasteiger partial charge on any atom is -0.495 e. The van der Waals surface area contributed by atoms with Crippen molar-refractivity contribution in [3.63, 3.8) is 0 Å². The van der Waals surface area contributed by atoms with Crippen LogP contribution in [0.1, 0.15) is 25.2 Å². The number of thioether (sulfide) groups is 1. The van der Waals surface area contributed by atoms with Crippen LogP contribution in [-0.4, -0.2) is 33.0 Å². The van der Waals surface area contributed by atoms with Gasteiger partial charge in [0.25, 0.3) is 0 Å². The molecular formula is C20H24N4O3S. The molecule has 3 aromatic rings. The molecule has 0 radical (unpaired) electrons. The molecule has 0 fully saturated rings. The van der Waals surface area contributed by atoms with Crippen LogP contribution in [0.15, 0.2) is 40.1 Å². The van der Waals surface area contributed by atoms with Gasteiger partial charge in [-0.1, -0.05) is 17.8 Å². The molecular weight excluding hydrogens is 376 g/mol. The van der Waals surface area contributed by atoms with Crippen LogP contribution in [0.3, 0.4) is 0 Å². The van der Waals surface area contributed by atoms with Gasteiger partial charge in [-0.2, -0.15) is 0 Å². The van der Waals surface area contributed by atoms with Crippen LogP contribution in [0.4, 0.5) is 5.69 Å². The van der Waals surface area contributed by atoms with Crippen molar-refractivity contribution >= 4 is 23.4 Å². The van der Waals surface area contributed by atoms with Crippen molar-refractivity contribution in [2.75, 3.05) is 12.4 Å². The number of amides is 1. The van der Waals surface area contributed by atoms with Gasteiger partial charge in [-0.05, 0) is 51.5 Å². The van der Waals surface area contributed by atoms with Gasteiger partial charge in [0.2, 0.25) is 5.91 Å². The van der Waals surface area contributed by atoms with Crippen molar-refractivity contribution < 1.29 is 13.9 Å². The van der Waals surface area contributed by atoms with Gasteiger partial charge < -0.3 is 19.0 Å². The zero-order valence-corrected chi connectivity index (χ0v) is 17.5. The quantitative estimate of drug-likeness (QED) is 0.595. The molecule has 0 saturated carbocycles. The molecule has 7 nitrogen and oxygen atoms in total. The fourth-order valence-electron chi connectivity index (χ4n) is 2.84. The van der Waals surface area contributed by atoms with Crippen LogP contribution < -0.4 is 10.1 Å². The Morgan fingerprint density at radius 1 is 1.32 bits per heavy atom. The van der Waals surface area contributed by atoms with Crippen molar-refractivity contribution in [1.82, 2.24) is 14.8 Å². The summed E-state index contributed by atoms with van der Waals surface area (Å²) in [5.74, 6) is 2.03.